The molecule has 0 aromatic heterocycles. The number of amides is 1. The number of nitro benzene ring substituents is 1. The number of benzene rings is 3. The first kappa shape index (κ1) is 27.8. The average Bonchev–Trinajstić information content (AvgIpc) is 2.89. The molecule has 3 aromatic carbocycles. The number of alkyl halides is 3. The number of hydrogen-bond acceptors (Lipinski definition) is 8. The molecule has 0 bridgehead atoms. The predicted octanol–water partition coefficient (Wildman–Crippen LogP) is 5.59. The van der Waals surface area contributed by atoms with Crippen LogP contribution in [0.1, 0.15) is 28.4 Å². The van der Waals surface area contributed by atoms with Gasteiger partial charge in [0, 0.05) is 11.6 Å². The highest BCUT2D eigenvalue weighted by Crippen LogP contribution is 2.40. The summed E-state index contributed by atoms with van der Waals surface area (Å²) in [6, 6.07) is 10.9. The van der Waals surface area contributed by atoms with Crippen molar-refractivity contribution in [2.75, 3.05) is 20.8 Å². The molecule has 0 radical (unpaired) electrons. The van der Waals surface area contributed by atoms with Crippen molar-refractivity contribution in [3.8, 4) is 28.7 Å². The van der Waals surface area contributed by atoms with Gasteiger partial charge in [-0.05, 0) is 61.0 Å². The van der Waals surface area contributed by atoms with E-state index in [9.17, 15) is 28.1 Å². The number of nitrogens with zero attached hydrogens (tertiary/aromatic N) is 2. The van der Waals surface area contributed by atoms with E-state index >= 15 is 0 Å². The third-order valence-corrected chi connectivity index (χ3v) is 5.00. The maximum Gasteiger partial charge on any atom is 0.416 e. The van der Waals surface area contributed by atoms with Gasteiger partial charge in [0.15, 0.2) is 23.0 Å². The molecule has 0 spiro atoms. The second-order valence-electron chi connectivity index (χ2n) is 7.45. The van der Waals surface area contributed by atoms with Crippen LogP contribution in [0.3, 0.4) is 0 Å². The molecule has 0 aliphatic heterocycles. The van der Waals surface area contributed by atoms with E-state index in [4.69, 9.17) is 18.9 Å². The molecule has 1 N–H and O–H groups in total. The molecule has 0 aliphatic carbocycles. The molecule has 3 aromatic rings. The highest BCUT2D eigenvalue weighted by molar-refractivity contribution is 5.95. The summed E-state index contributed by atoms with van der Waals surface area (Å²) in [5, 5.41) is 15.2. The summed E-state index contributed by atoms with van der Waals surface area (Å²) >= 11 is 0. The number of hydrogen-bond donors (Lipinski definition) is 1. The maximum atomic E-state index is 12.9. The Bertz CT molecular complexity index is 1360. The molecule has 200 valence electrons. The van der Waals surface area contributed by atoms with Crippen molar-refractivity contribution in [1.29, 1.82) is 0 Å². The molecule has 3 rings (SSSR count). The van der Waals surface area contributed by atoms with Crippen LogP contribution in [0.5, 0.6) is 28.7 Å². The lowest BCUT2D eigenvalue weighted by Gasteiger charge is -2.12. The highest BCUT2D eigenvalue weighted by atomic mass is 19.4. The van der Waals surface area contributed by atoms with Crippen LogP contribution in [0, 0.1) is 10.1 Å². The van der Waals surface area contributed by atoms with E-state index in [0.29, 0.717) is 35.8 Å². The Morgan fingerprint density at radius 2 is 1.63 bits per heavy atom. The van der Waals surface area contributed by atoms with Crippen LogP contribution in [0.25, 0.3) is 0 Å². The molecule has 0 aliphatic rings. The number of carbonyl (C=O) groups is 1. The smallest absolute Gasteiger partial charge is 0.416 e. The topological polar surface area (TPSA) is 122 Å². The number of methoxy groups -OCH3 is 2. The molecule has 13 heteroatoms. The summed E-state index contributed by atoms with van der Waals surface area (Å²) in [6.45, 7) is 2.25. The first-order valence-corrected chi connectivity index (χ1v) is 10.9. The third-order valence-electron chi connectivity index (χ3n) is 5.00. The quantitative estimate of drug-likeness (QED) is 0.205. The molecular weight excluding hydrogens is 511 g/mol. The maximum absolute atomic E-state index is 12.9. The Balaban J connectivity index is 1.75. The number of hydrazone groups is 1. The van der Waals surface area contributed by atoms with Gasteiger partial charge in [-0.15, -0.1) is 0 Å². The molecule has 0 heterocycles. The summed E-state index contributed by atoms with van der Waals surface area (Å²) in [5.41, 5.74) is 1.07. The number of carbonyl (C=O) groups excluding carboxylic acids is 1. The van der Waals surface area contributed by atoms with Crippen LogP contribution in [-0.4, -0.2) is 37.9 Å². The minimum Gasteiger partial charge on any atom is -0.493 e. The summed E-state index contributed by atoms with van der Waals surface area (Å²) in [6.07, 6.45) is -3.44. The monoisotopic (exact) mass is 533 g/mol. The van der Waals surface area contributed by atoms with Crippen molar-refractivity contribution in [3.05, 3.63) is 81.4 Å². The fraction of sp³-hybridized carbons (Fsp3) is 0.200. The first-order valence-electron chi connectivity index (χ1n) is 10.9. The Morgan fingerprint density at radius 1 is 0.974 bits per heavy atom. The fourth-order valence-corrected chi connectivity index (χ4v) is 3.20. The largest absolute Gasteiger partial charge is 0.493 e. The third kappa shape index (κ3) is 6.69. The van der Waals surface area contributed by atoms with Gasteiger partial charge in [0.25, 0.3) is 5.91 Å². The molecule has 0 saturated heterocycles. The van der Waals surface area contributed by atoms with Crippen LogP contribution >= 0.6 is 0 Å². The molecule has 10 nitrogen and oxygen atoms in total. The summed E-state index contributed by atoms with van der Waals surface area (Å²) in [5.74, 6) is 0.0943. The predicted molar refractivity (Wildman–Crippen MR) is 130 cm³/mol. The van der Waals surface area contributed by atoms with E-state index < -0.39 is 34.0 Å². The van der Waals surface area contributed by atoms with Crippen molar-refractivity contribution in [1.82, 2.24) is 5.43 Å². The number of nitrogens with one attached hydrogen (secondary N) is 1. The molecule has 0 atom stereocenters. The normalized spacial score (nSPS) is 11.2. The molecule has 0 fully saturated rings. The van der Waals surface area contributed by atoms with Gasteiger partial charge in [0.2, 0.25) is 5.75 Å². The van der Waals surface area contributed by atoms with E-state index in [0.717, 1.165) is 6.07 Å². The van der Waals surface area contributed by atoms with Crippen molar-refractivity contribution >= 4 is 17.8 Å². The Hall–Kier alpha value is -4.81. The SMILES string of the molecule is CCOc1ccc(C(=O)N/N=C/c2ccc(Oc3ccc(C(F)(F)F)cc3[N+](=O)[O-])c(OC)c2)cc1OC. The standard InChI is InChI=1S/C25H22F3N3O7/c1-4-37-20-9-6-16(12-23(20)36-3)24(32)30-29-14-15-5-8-21(22(11-15)35-2)38-19-10-7-17(25(26,27)28)13-18(19)31(33)34/h5-14H,4H2,1-3H3,(H,30,32)/b29-14+. The van der Waals surface area contributed by atoms with Gasteiger partial charge in [-0.2, -0.15) is 18.3 Å². The molecule has 38 heavy (non-hydrogen) atoms. The van der Waals surface area contributed by atoms with Gasteiger partial charge < -0.3 is 18.9 Å². The number of ether oxygens (including phenoxy) is 4. The van der Waals surface area contributed by atoms with E-state index in [2.05, 4.69) is 10.5 Å². The Labute approximate surface area is 214 Å². The van der Waals surface area contributed by atoms with Crippen LogP contribution in [-0.2, 0) is 6.18 Å². The Morgan fingerprint density at radius 3 is 2.26 bits per heavy atom. The average molecular weight is 533 g/mol. The van der Waals surface area contributed by atoms with Crippen molar-refractivity contribution in [2.24, 2.45) is 5.10 Å². The van der Waals surface area contributed by atoms with Gasteiger partial charge in [-0.25, -0.2) is 5.43 Å². The van der Waals surface area contributed by atoms with Crippen LogP contribution in [0.2, 0.25) is 0 Å². The van der Waals surface area contributed by atoms with E-state index in [1.54, 1.807) is 12.1 Å². The van der Waals surface area contributed by atoms with E-state index in [1.165, 1.54) is 44.7 Å². The summed E-state index contributed by atoms with van der Waals surface area (Å²) in [7, 11) is 2.76. The highest BCUT2D eigenvalue weighted by Gasteiger charge is 2.33. The lowest BCUT2D eigenvalue weighted by Crippen LogP contribution is -2.17. The van der Waals surface area contributed by atoms with Gasteiger partial charge in [0.1, 0.15) is 0 Å². The first-order chi connectivity index (χ1) is 18.1. The van der Waals surface area contributed by atoms with Crippen molar-refractivity contribution in [3.63, 3.8) is 0 Å². The second kappa shape index (κ2) is 12.0. The zero-order chi connectivity index (χ0) is 27.9. The molecular formula is C25H22F3N3O7. The lowest BCUT2D eigenvalue weighted by atomic mass is 10.1. The second-order valence-corrected chi connectivity index (χ2v) is 7.45. The number of rotatable bonds is 10. The zero-order valence-corrected chi connectivity index (χ0v) is 20.4. The fourth-order valence-electron chi connectivity index (χ4n) is 3.20. The Kier molecular flexibility index (Phi) is 8.73. The van der Waals surface area contributed by atoms with Crippen LogP contribution < -0.4 is 24.4 Å². The van der Waals surface area contributed by atoms with Crippen LogP contribution in [0.4, 0.5) is 18.9 Å². The van der Waals surface area contributed by atoms with Crippen molar-refractivity contribution in [2.45, 2.75) is 13.1 Å². The lowest BCUT2D eigenvalue weighted by molar-refractivity contribution is -0.385. The minimum atomic E-state index is -4.75. The van der Waals surface area contributed by atoms with Gasteiger partial charge in [0.05, 0.1) is 37.5 Å². The zero-order valence-electron chi connectivity index (χ0n) is 20.4. The summed E-state index contributed by atoms with van der Waals surface area (Å²) in [4.78, 5) is 22.8. The number of nitro groups is 1. The van der Waals surface area contributed by atoms with E-state index in [1.807, 2.05) is 6.92 Å². The molecule has 0 saturated carbocycles. The van der Waals surface area contributed by atoms with E-state index in [-0.39, 0.29) is 17.1 Å². The van der Waals surface area contributed by atoms with Gasteiger partial charge >= 0.3 is 11.9 Å². The molecule has 1 amide bonds. The minimum absolute atomic E-state index is 0.0121. The van der Waals surface area contributed by atoms with Crippen molar-refractivity contribution < 1.29 is 41.8 Å². The van der Waals surface area contributed by atoms with Crippen LogP contribution in [0.15, 0.2) is 59.7 Å². The van der Waals surface area contributed by atoms with Gasteiger partial charge in [-0.1, -0.05) is 0 Å². The summed E-state index contributed by atoms with van der Waals surface area (Å²) < 4.78 is 60.2. The molecule has 0 unspecified atom stereocenters. The van der Waals surface area contributed by atoms with Gasteiger partial charge in [-0.3, -0.25) is 14.9 Å². The number of halogens is 3.